The van der Waals surface area contributed by atoms with Crippen LogP contribution in [0.15, 0.2) is 24.3 Å². The highest BCUT2D eigenvalue weighted by Gasteiger charge is 2.29. The number of hydrogen-bond acceptors (Lipinski definition) is 5. The summed E-state index contributed by atoms with van der Waals surface area (Å²) >= 11 is 5.67. The maximum atomic E-state index is 12.4. The van der Waals surface area contributed by atoms with Crippen molar-refractivity contribution in [1.82, 2.24) is 20.9 Å². The first-order chi connectivity index (χ1) is 16.7. The van der Waals surface area contributed by atoms with Gasteiger partial charge in [0, 0.05) is 23.4 Å². The normalized spacial score (nSPS) is 16.1. The minimum Gasteiger partial charge on any atom is -0.496 e. The summed E-state index contributed by atoms with van der Waals surface area (Å²) in [7, 11) is 1.54. The van der Waals surface area contributed by atoms with Gasteiger partial charge < -0.3 is 25.7 Å². The number of rotatable bonds is 9. The lowest BCUT2D eigenvalue weighted by molar-refractivity contribution is -0.130. The topological polar surface area (TPSA) is 129 Å². The molecule has 1 saturated heterocycles. The Morgan fingerprint density at radius 2 is 1.94 bits per heavy atom. The lowest BCUT2D eigenvalue weighted by Crippen LogP contribution is -2.48. The molecule has 1 aliphatic heterocycles. The molecule has 4 N–H and O–H groups in total. The summed E-state index contributed by atoms with van der Waals surface area (Å²) < 4.78 is 5.28. The Morgan fingerprint density at radius 3 is 2.57 bits per heavy atom. The zero-order valence-corrected chi connectivity index (χ0v) is 21.5. The van der Waals surface area contributed by atoms with Gasteiger partial charge in [0.15, 0.2) is 5.78 Å². The van der Waals surface area contributed by atoms with Crippen LogP contribution in [0.5, 0.6) is 5.75 Å². The van der Waals surface area contributed by atoms with Crippen molar-refractivity contribution in [2.45, 2.75) is 46.1 Å². The zero-order valence-electron chi connectivity index (χ0n) is 20.7. The number of alkyl halides is 1. The number of ketones is 1. The first-order valence-electron chi connectivity index (χ1n) is 11.8. The molecule has 0 unspecified atom stereocenters. The third kappa shape index (κ3) is 8.58. The fourth-order valence-corrected chi connectivity index (χ4v) is 3.82. The second-order valence-corrected chi connectivity index (χ2v) is 9.37. The Hall–Kier alpha value is -3.07. The van der Waals surface area contributed by atoms with Gasteiger partial charge in [-0.05, 0) is 43.4 Å². The van der Waals surface area contributed by atoms with E-state index in [0.29, 0.717) is 18.7 Å². The number of halogens is 1. The Morgan fingerprint density at radius 1 is 1.23 bits per heavy atom. The van der Waals surface area contributed by atoms with Gasteiger partial charge >= 0.3 is 0 Å². The van der Waals surface area contributed by atoms with Gasteiger partial charge in [-0.2, -0.15) is 0 Å². The van der Waals surface area contributed by atoms with E-state index in [-0.39, 0.29) is 42.1 Å². The van der Waals surface area contributed by atoms with Crippen molar-refractivity contribution >= 4 is 46.0 Å². The van der Waals surface area contributed by atoms with E-state index in [2.05, 4.69) is 41.7 Å². The van der Waals surface area contributed by atoms with Crippen molar-refractivity contribution in [3.8, 4) is 5.75 Å². The van der Waals surface area contributed by atoms with E-state index >= 15 is 0 Å². The molecule has 35 heavy (non-hydrogen) atoms. The third-order valence-electron chi connectivity index (χ3n) is 5.27. The molecule has 10 heteroatoms. The predicted molar refractivity (Wildman–Crippen MR) is 136 cm³/mol. The first-order valence-corrected chi connectivity index (χ1v) is 12.3. The largest absolute Gasteiger partial charge is 0.496 e. The maximum absolute atomic E-state index is 12.4. The maximum Gasteiger partial charge on any atom is 0.268 e. The fourth-order valence-electron chi connectivity index (χ4n) is 3.64. The molecule has 0 radical (unpaired) electrons. The molecule has 3 amide bonds. The minimum atomic E-state index is -0.881. The number of amides is 3. The molecule has 1 aromatic heterocycles. The predicted octanol–water partition coefficient (Wildman–Crippen LogP) is 2.78. The van der Waals surface area contributed by atoms with Gasteiger partial charge in [-0.15, -0.1) is 11.6 Å². The highest BCUT2D eigenvalue weighted by molar-refractivity contribution is 6.28. The van der Waals surface area contributed by atoms with Gasteiger partial charge in [-0.25, -0.2) is 0 Å². The number of aromatic nitrogens is 1. The summed E-state index contributed by atoms with van der Waals surface area (Å²) in [6.45, 7) is 6.79. The summed E-state index contributed by atoms with van der Waals surface area (Å²) in [5.41, 5.74) is 1.01. The molecular weight excluding hydrogens is 472 g/mol. The summed E-state index contributed by atoms with van der Waals surface area (Å²) in [6, 6.07) is 6.15. The zero-order chi connectivity index (χ0) is 26.0. The lowest BCUT2D eigenvalue weighted by Gasteiger charge is -2.26. The molecule has 2 atom stereocenters. The van der Waals surface area contributed by atoms with Gasteiger partial charge in [0.1, 0.15) is 11.4 Å². The second-order valence-electron chi connectivity index (χ2n) is 9.11. The molecule has 9 nitrogen and oxygen atoms in total. The van der Waals surface area contributed by atoms with Crippen molar-refractivity contribution in [3.63, 3.8) is 0 Å². The molecule has 1 fully saturated rings. The number of carbonyl (C=O) groups is 4. The smallest absolute Gasteiger partial charge is 0.268 e. The SMILES string of the molecule is CC(C)C.COc1cccc2[nH]c(C(=O)NCC(=O)N[C@@H](C[C@@H]3CCCNC3=O)C(=O)CCl)cc12. The number of fused-ring (bicyclic) bond motifs is 1. The number of piperidine rings is 1. The van der Waals surface area contributed by atoms with Gasteiger partial charge in [-0.1, -0.05) is 26.8 Å². The Balaban J connectivity index is 0.00000100. The van der Waals surface area contributed by atoms with Gasteiger partial charge in [0.2, 0.25) is 11.8 Å². The molecule has 1 aliphatic rings. The minimum absolute atomic E-state index is 0.129. The molecular formula is C25H35ClN4O5. The first kappa shape index (κ1) is 28.2. The van der Waals surface area contributed by atoms with Crippen molar-refractivity contribution < 1.29 is 23.9 Å². The quantitative estimate of drug-likeness (QED) is 0.389. The van der Waals surface area contributed by atoms with Gasteiger partial charge in [-0.3, -0.25) is 19.2 Å². The van der Waals surface area contributed by atoms with Crippen molar-refractivity contribution in [2.75, 3.05) is 26.1 Å². The number of nitrogens with one attached hydrogen (secondary N) is 4. The average molecular weight is 507 g/mol. The lowest BCUT2D eigenvalue weighted by atomic mass is 9.90. The van der Waals surface area contributed by atoms with E-state index in [0.717, 1.165) is 23.2 Å². The van der Waals surface area contributed by atoms with E-state index in [1.807, 2.05) is 6.07 Å². The second kappa shape index (κ2) is 13.7. The van der Waals surface area contributed by atoms with Crippen LogP contribution in [0, 0.1) is 11.8 Å². The summed E-state index contributed by atoms with van der Waals surface area (Å²) in [6.07, 6.45) is 1.64. The number of benzene rings is 1. The van der Waals surface area contributed by atoms with Crippen LogP contribution in [0.25, 0.3) is 10.9 Å². The summed E-state index contributed by atoms with van der Waals surface area (Å²) in [5, 5.41) is 8.62. The van der Waals surface area contributed by atoms with Gasteiger partial charge in [0.25, 0.3) is 5.91 Å². The number of H-pyrrole nitrogens is 1. The monoisotopic (exact) mass is 506 g/mol. The molecule has 0 bridgehead atoms. The number of aromatic amines is 1. The molecule has 1 aromatic carbocycles. The molecule has 0 saturated carbocycles. The van der Waals surface area contributed by atoms with Crippen molar-refractivity contribution in [3.05, 3.63) is 30.0 Å². The van der Waals surface area contributed by atoms with Crippen LogP contribution in [0.3, 0.4) is 0 Å². The van der Waals surface area contributed by atoms with Crippen LogP contribution in [0.2, 0.25) is 0 Å². The molecule has 0 spiro atoms. The molecule has 192 valence electrons. The Kier molecular flexibility index (Phi) is 11.0. The van der Waals surface area contributed by atoms with E-state index in [4.69, 9.17) is 16.3 Å². The van der Waals surface area contributed by atoms with Crippen LogP contribution in [0.1, 0.15) is 50.5 Å². The van der Waals surface area contributed by atoms with Crippen molar-refractivity contribution in [2.24, 2.45) is 11.8 Å². The molecule has 2 heterocycles. The Bertz CT molecular complexity index is 1030. The Labute approximate surface area is 210 Å². The third-order valence-corrected chi connectivity index (χ3v) is 5.54. The van der Waals surface area contributed by atoms with E-state index in [9.17, 15) is 19.2 Å². The van der Waals surface area contributed by atoms with Gasteiger partial charge in [0.05, 0.1) is 25.6 Å². The van der Waals surface area contributed by atoms with Crippen LogP contribution >= 0.6 is 11.6 Å². The highest BCUT2D eigenvalue weighted by atomic mass is 35.5. The summed E-state index contributed by atoms with van der Waals surface area (Å²) in [5.74, 6) is -0.690. The molecule has 0 aliphatic carbocycles. The number of ether oxygens (including phenoxy) is 1. The fraction of sp³-hybridized carbons (Fsp3) is 0.520. The van der Waals surface area contributed by atoms with E-state index in [1.54, 1.807) is 25.3 Å². The highest BCUT2D eigenvalue weighted by Crippen LogP contribution is 2.25. The number of Topliss-reactive ketones (excluding diaryl/α,β-unsaturated/α-hetero) is 1. The van der Waals surface area contributed by atoms with Crippen molar-refractivity contribution in [1.29, 1.82) is 0 Å². The summed E-state index contributed by atoms with van der Waals surface area (Å²) in [4.78, 5) is 51.9. The average Bonchev–Trinajstić information content (AvgIpc) is 3.27. The number of hydrogen-bond donors (Lipinski definition) is 4. The standard InChI is InChI=1S/C21H25ClN4O5.C4H10/c1-31-18-6-2-5-14-13(18)9-16(25-14)21(30)24-11-19(28)26-15(17(27)10-22)8-12-4-3-7-23-20(12)29;1-4(2)3/h2,5-6,9,12,15,25H,3-4,7-8,10-11H2,1H3,(H,23,29)(H,24,30)(H,26,28);4H,1-3H3/t12-,15-;/m0./s1. The van der Waals surface area contributed by atoms with Crippen LogP contribution in [-0.2, 0) is 14.4 Å². The number of carbonyl (C=O) groups excluding carboxylic acids is 4. The van der Waals surface area contributed by atoms with Crippen LogP contribution in [-0.4, -0.2) is 60.6 Å². The van der Waals surface area contributed by atoms with Crippen LogP contribution < -0.4 is 20.7 Å². The van der Waals surface area contributed by atoms with Crippen LogP contribution in [0.4, 0.5) is 0 Å². The van der Waals surface area contributed by atoms with E-state index in [1.165, 1.54) is 0 Å². The van der Waals surface area contributed by atoms with E-state index < -0.39 is 17.9 Å². The molecule has 2 aromatic rings. The number of methoxy groups -OCH3 is 1. The molecule has 3 rings (SSSR count).